The Hall–Kier alpha value is -0.790. The maximum absolute atomic E-state index is 10.6. The van der Waals surface area contributed by atoms with E-state index in [1.165, 1.54) is 38.5 Å². The minimum absolute atomic E-state index is 0.506. The Labute approximate surface area is 79.6 Å². The van der Waals surface area contributed by atoms with Gasteiger partial charge in [-0.15, -0.1) is 0 Å². The maximum atomic E-state index is 10.6. The van der Waals surface area contributed by atoms with Crippen LogP contribution in [0.3, 0.4) is 0 Å². The fraction of sp³-hybridized carbons (Fsp3) is 0.727. The van der Waals surface area contributed by atoms with Gasteiger partial charge in [0, 0.05) is 5.57 Å². The number of carbonyl (C=O) groups is 1. The Morgan fingerprint density at radius 2 is 1.77 bits per heavy atom. The number of allylic oxidation sites excluding steroid dienone is 1. The summed E-state index contributed by atoms with van der Waals surface area (Å²) in [5, 5.41) is 8.71. The molecular formula is C11H18O2. The van der Waals surface area contributed by atoms with Crippen molar-refractivity contribution in [3.05, 3.63) is 11.6 Å². The van der Waals surface area contributed by atoms with Crippen LogP contribution in [0, 0.1) is 5.92 Å². The van der Waals surface area contributed by atoms with Crippen LogP contribution in [-0.2, 0) is 4.79 Å². The SMILES string of the molecule is C/C(=C\C1CCCCCC1)C(=O)O. The first-order chi connectivity index (χ1) is 6.20. The molecule has 0 atom stereocenters. The maximum Gasteiger partial charge on any atom is 0.330 e. The van der Waals surface area contributed by atoms with E-state index in [4.69, 9.17) is 5.11 Å². The highest BCUT2D eigenvalue weighted by molar-refractivity contribution is 5.85. The molecule has 0 amide bonds. The van der Waals surface area contributed by atoms with E-state index in [9.17, 15) is 4.79 Å². The zero-order chi connectivity index (χ0) is 9.68. The summed E-state index contributed by atoms with van der Waals surface area (Å²) >= 11 is 0. The lowest BCUT2D eigenvalue weighted by molar-refractivity contribution is -0.132. The van der Waals surface area contributed by atoms with Crippen LogP contribution < -0.4 is 0 Å². The molecule has 0 aromatic rings. The first-order valence-corrected chi connectivity index (χ1v) is 5.12. The molecule has 1 N–H and O–H groups in total. The van der Waals surface area contributed by atoms with E-state index in [1.807, 2.05) is 6.08 Å². The van der Waals surface area contributed by atoms with E-state index in [2.05, 4.69) is 0 Å². The number of carboxylic acids is 1. The lowest BCUT2D eigenvalue weighted by atomic mass is 9.98. The molecule has 2 nitrogen and oxygen atoms in total. The summed E-state index contributed by atoms with van der Waals surface area (Å²) in [7, 11) is 0. The third-order valence-electron chi connectivity index (χ3n) is 2.72. The average Bonchev–Trinajstić information content (AvgIpc) is 2.32. The standard InChI is InChI=1S/C11H18O2/c1-9(11(12)13)8-10-6-4-2-3-5-7-10/h8,10H,2-7H2,1H3,(H,12,13)/b9-8+. The largest absolute Gasteiger partial charge is 0.478 e. The lowest BCUT2D eigenvalue weighted by Crippen LogP contribution is -2.01. The molecule has 1 rings (SSSR count). The van der Waals surface area contributed by atoms with Gasteiger partial charge < -0.3 is 5.11 Å². The number of carboxylic acid groups (broad SMARTS) is 1. The zero-order valence-electron chi connectivity index (χ0n) is 8.25. The Morgan fingerprint density at radius 3 is 2.23 bits per heavy atom. The second kappa shape index (κ2) is 5.05. The van der Waals surface area contributed by atoms with Gasteiger partial charge in [0.1, 0.15) is 0 Å². The molecule has 2 heteroatoms. The molecule has 1 aliphatic carbocycles. The molecule has 0 aliphatic heterocycles. The second-order valence-corrected chi connectivity index (χ2v) is 3.91. The van der Waals surface area contributed by atoms with Crippen molar-refractivity contribution in [1.29, 1.82) is 0 Å². The molecule has 0 aromatic carbocycles. The summed E-state index contributed by atoms with van der Waals surface area (Å²) < 4.78 is 0. The molecule has 0 aromatic heterocycles. The van der Waals surface area contributed by atoms with Gasteiger partial charge in [-0.3, -0.25) is 0 Å². The average molecular weight is 182 g/mol. The highest BCUT2D eigenvalue weighted by atomic mass is 16.4. The normalized spacial score (nSPS) is 21.2. The minimum atomic E-state index is -0.774. The quantitative estimate of drug-likeness (QED) is 0.526. The third kappa shape index (κ3) is 3.62. The summed E-state index contributed by atoms with van der Waals surface area (Å²) in [5.41, 5.74) is 0.506. The van der Waals surface area contributed by atoms with E-state index in [0.717, 1.165) is 0 Å². The molecule has 0 bridgehead atoms. The molecular weight excluding hydrogens is 164 g/mol. The van der Waals surface area contributed by atoms with Gasteiger partial charge in [-0.25, -0.2) is 4.79 Å². The zero-order valence-corrected chi connectivity index (χ0v) is 8.25. The minimum Gasteiger partial charge on any atom is -0.478 e. The molecule has 0 unspecified atom stereocenters. The molecule has 0 saturated heterocycles. The van der Waals surface area contributed by atoms with E-state index in [-0.39, 0.29) is 0 Å². The fourth-order valence-electron chi connectivity index (χ4n) is 1.90. The molecule has 0 spiro atoms. The van der Waals surface area contributed by atoms with Crippen LogP contribution in [0.5, 0.6) is 0 Å². The van der Waals surface area contributed by atoms with Gasteiger partial charge in [-0.1, -0.05) is 31.8 Å². The first kappa shape index (κ1) is 10.3. The van der Waals surface area contributed by atoms with E-state index < -0.39 is 5.97 Å². The Morgan fingerprint density at radius 1 is 1.23 bits per heavy atom. The Kier molecular flexibility index (Phi) is 4.00. The lowest BCUT2D eigenvalue weighted by Gasteiger charge is -2.08. The molecule has 1 saturated carbocycles. The monoisotopic (exact) mass is 182 g/mol. The highest BCUT2D eigenvalue weighted by Crippen LogP contribution is 2.24. The fourth-order valence-corrected chi connectivity index (χ4v) is 1.90. The summed E-state index contributed by atoms with van der Waals surface area (Å²) in [6.07, 6.45) is 9.43. The highest BCUT2D eigenvalue weighted by Gasteiger charge is 2.11. The summed E-state index contributed by atoms with van der Waals surface area (Å²) in [6, 6.07) is 0. The second-order valence-electron chi connectivity index (χ2n) is 3.91. The van der Waals surface area contributed by atoms with Crippen molar-refractivity contribution in [3.63, 3.8) is 0 Å². The van der Waals surface area contributed by atoms with Crippen LogP contribution in [0.4, 0.5) is 0 Å². The van der Waals surface area contributed by atoms with Crippen LogP contribution in [0.1, 0.15) is 45.4 Å². The number of hydrogen-bond acceptors (Lipinski definition) is 1. The molecule has 1 fully saturated rings. The van der Waals surface area contributed by atoms with Crippen LogP contribution in [0.2, 0.25) is 0 Å². The van der Waals surface area contributed by atoms with Crippen molar-refractivity contribution in [2.75, 3.05) is 0 Å². The summed E-state index contributed by atoms with van der Waals surface area (Å²) in [5.74, 6) is -0.261. The van der Waals surface area contributed by atoms with Crippen molar-refractivity contribution in [2.45, 2.75) is 45.4 Å². The van der Waals surface area contributed by atoms with E-state index in [0.29, 0.717) is 11.5 Å². The van der Waals surface area contributed by atoms with Crippen molar-refractivity contribution >= 4 is 5.97 Å². The van der Waals surface area contributed by atoms with Gasteiger partial charge >= 0.3 is 5.97 Å². The van der Waals surface area contributed by atoms with Gasteiger partial charge in [0.05, 0.1) is 0 Å². The predicted molar refractivity (Wildman–Crippen MR) is 52.6 cm³/mol. The molecule has 1 aliphatic rings. The van der Waals surface area contributed by atoms with Crippen LogP contribution >= 0.6 is 0 Å². The molecule has 0 radical (unpaired) electrons. The van der Waals surface area contributed by atoms with Crippen LogP contribution in [0.15, 0.2) is 11.6 Å². The molecule has 13 heavy (non-hydrogen) atoms. The van der Waals surface area contributed by atoms with Crippen LogP contribution in [0.25, 0.3) is 0 Å². The smallest absolute Gasteiger partial charge is 0.330 e. The third-order valence-corrected chi connectivity index (χ3v) is 2.72. The van der Waals surface area contributed by atoms with E-state index in [1.54, 1.807) is 6.92 Å². The van der Waals surface area contributed by atoms with Gasteiger partial charge in [0.2, 0.25) is 0 Å². The van der Waals surface area contributed by atoms with Crippen molar-refractivity contribution in [2.24, 2.45) is 5.92 Å². The topological polar surface area (TPSA) is 37.3 Å². The van der Waals surface area contributed by atoms with Crippen molar-refractivity contribution in [3.8, 4) is 0 Å². The van der Waals surface area contributed by atoms with Gasteiger partial charge in [-0.05, 0) is 25.7 Å². The van der Waals surface area contributed by atoms with E-state index >= 15 is 0 Å². The van der Waals surface area contributed by atoms with Gasteiger partial charge in [-0.2, -0.15) is 0 Å². The predicted octanol–water partition coefficient (Wildman–Crippen LogP) is 2.99. The summed E-state index contributed by atoms with van der Waals surface area (Å²) in [6.45, 7) is 1.69. The Balaban J connectivity index is 2.50. The Bertz CT molecular complexity index is 198. The summed E-state index contributed by atoms with van der Waals surface area (Å²) in [4.78, 5) is 10.6. The van der Waals surface area contributed by atoms with Gasteiger partial charge in [0.25, 0.3) is 0 Å². The number of aliphatic carboxylic acids is 1. The van der Waals surface area contributed by atoms with Crippen molar-refractivity contribution in [1.82, 2.24) is 0 Å². The molecule has 0 heterocycles. The molecule has 74 valence electrons. The number of hydrogen-bond donors (Lipinski definition) is 1. The van der Waals surface area contributed by atoms with Gasteiger partial charge in [0.15, 0.2) is 0 Å². The van der Waals surface area contributed by atoms with Crippen LogP contribution in [-0.4, -0.2) is 11.1 Å². The first-order valence-electron chi connectivity index (χ1n) is 5.12. The van der Waals surface area contributed by atoms with Crippen molar-refractivity contribution < 1.29 is 9.90 Å². The number of rotatable bonds is 2.